The lowest BCUT2D eigenvalue weighted by Gasteiger charge is -2.32. The van der Waals surface area contributed by atoms with E-state index >= 15 is 0 Å². The molecule has 0 aromatic carbocycles. The Bertz CT molecular complexity index is 487. The van der Waals surface area contributed by atoms with E-state index in [1.165, 1.54) is 0 Å². The van der Waals surface area contributed by atoms with Crippen LogP contribution in [-0.4, -0.2) is 41.4 Å². The van der Waals surface area contributed by atoms with Crippen molar-refractivity contribution < 1.29 is 14.3 Å². The molecule has 2 amide bonds. The third-order valence-corrected chi connectivity index (χ3v) is 3.24. The van der Waals surface area contributed by atoms with Crippen molar-refractivity contribution in [1.82, 2.24) is 15.2 Å². The van der Waals surface area contributed by atoms with Crippen LogP contribution in [0.5, 0.6) is 5.88 Å². The maximum Gasteiger partial charge on any atom is 0.245 e. The molecular weight excluding hydrogens is 258 g/mol. The summed E-state index contributed by atoms with van der Waals surface area (Å²) in [5.41, 5.74) is 0.879. The molecule has 0 saturated carbocycles. The molecule has 2 rings (SSSR count). The van der Waals surface area contributed by atoms with Crippen LogP contribution in [0, 0.1) is 0 Å². The molecule has 1 aliphatic heterocycles. The molecule has 0 bridgehead atoms. The first kappa shape index (κ1) is 14.3. The number of piperazine rings is 1. The summed E-state index contributed by atoms with van der Waals surface area (Å²) >= 11 is 0. The molecule has 1 atom stereocenters. The molecular formula is C14H19N3O3. The van der Waals surface area contributed by atoms with E-state index in [0.717, 1.165) is 12.0 Å². The van der Waals surface area contributed by atoms with E-state index in [1.807, 2.05) is 13.0 Å². The zero-order chi connectivity index (χ0) is 14.5. The number of rotatable bonds is 5. The molecule has 2 heterocycles. The maximum absolute atomic E-state index is 12.3. The summed E-state index contributed by atoms with van der Waals surface area (Å²) in [4.78, 5) is 29.6. The number of hydrogen-bond donors (Lipinski definition) is 1. The Morgan fingerprint density at radius 2 is 2.25 bits per heavy atom. The van der Waals surface area contributed by atoms with E-state index in [-0.39, 0.29) is 18.4 Å². The number of aromatic nitrogens is 1. The van der Waals surface area contributed by atoms with Crippen molar-refractivity contribution in [3.05, 3.63) is 23.9 Å². The van der Waals surface area contributed by atoms with Gasteiger partial charge in [0, 0.05) is 18.8 Å². The minimum absolute atomic E-state index is 0.0257. The summed E-state index contributed by atoms with van der Waals surface area (Å²) < 4.78 is 4.99. The Morgan fingerprint density at radius 1 is 1.45 bits per heavy atom. The Labute approximate surface area is 118 Å². The van der Waals surface area contributed by atoms with Gasteiger partial charge >= 0.3 is 0 Å². The molecule has 20 heavy (non-hydrogen) atoms. The van der Waals surface area contributed by atoms with Crippen LogP contribution in [0.25, 0.3) is 0 Å². The van der Waals surface area contributed by atoms with Crippen LogP contribution in [0.2, 0.25) is 0 Å². The second-order valence-electron chi connectivity index (χ2n) is 4.81. The first-order valence-corrected chi connectivity index (χ1v) is 6.71. The van der Waals surface area contributed by atoms with Gasteiger partial charge in [0.25, 0.3) is 0 Å². The third-order valence-electron chi connectivity index (χ3n) is 3.24. The van der Waals surface area contributed by atoms with Crippen molar-refractivity contribution in [1.29, 1.82) is 0 Å². The van der Waals surface area contributed by atoms with Crippen molar-refractivity contribution in [2.24, 2.45) is 0 Å². The van der Waals surface area contributed by atoms with Gasteiger partial charge in [0.05, 0.1) is 13.7 Å². The first-order chi connectivity index (χ1) is 9.63. The topological polar surface area (TPSA) is 71.5 Å². The predicted molar refractivity (Wildman–Crippen MR) is 73.0 cm³/mol. The summed E-state index contributed by atoms with van der Waals surface area (Å²) in [6, 6.07) is 3.20. The molecule has 6 nitrogen and oxygen atoms in total. The number of nitrogens with one attached hydrogen (secondary N) is 1. The fourth-order valence-corrected chi connectivity index (χ4v) is 2.24. The highest BCUT2D eigenvalue weighted by Gasteiger charge is 2.31. The van der Waals surface area contributed by atoms with Gasteiger partial charge in [-0.1, -0.05) is 19.4 Å². The second kappa shape index (κ2) is 6.36. The lowest BCUT2D eigenvalue weighted by Crippen LogP contribution is -2.57. The fraction of sp³-hybridized carbons (Fsp3) is 0.500. The quantitative estimate of drug-likeness (QED) is 0.860. The van der Waals surface area contributed by atoms with E-state index in [2.05, 4.69) is 10.3 Å². The van der Waals surface area contributed by atoms with Gasteiger partial charge in [0.15, 0.2) is 0 Å². The van der Waals surface area contributed by atoms with Gasteiger partial charge in [0.1, 0.15) is 6.04 Å². The van der Waals surface area contributed by atoms with E-state index in [9.17, 15) is 9.59 Å². The molecule has 108 valence electrons. The summed E-state index contributed by atoms with van der Waals surface area (Å²) in [6.07, 6.45) is 3.18. The maximum atomic E-state index is 12.3. The number of ether oxygens (including phenoxy) is 1. The molecule has 0 spiro atoms. The Hall–Kier alpha value is -2.11. The number of amides is 2. The Kier molecular flexibility index (Phi) is 4.55. The highest BCUT2D eigenvalue weighted by atomic mass is 16.5. The lowest BCUT2D eigenvalue weighted by molar-refractivity contribution is -0.145. The molecule has 1 unspecified atom stereocenters. The van der Waals surface area contributed by atoms with Crippen molar-refractivity contribution >= 4 is 11.8 Å². The van der Waals surface area contributed by atoms with E-state index in [0.29, 0.717) is 18.8 Å². The minimum atomic E-state index is -0.396. The second-order valence-corrected chi connectivity index (χ2v) is 4.81. The molecule has 1 saturated heterocycles. The van der Waals surface area contributed by atoms with Crippen LogP contribution >= 0.6 is 0 Å². The number of pyridine rings is 1. The Balaban J connectivity index is 2.06. The van der Waals surface area contributed by atoms with Gasteiger partial charge in [-0.25, -0.2) is 4.98 Å². The fourth-order valence-electron chi connectivity index (χ4n) is 2.24. The van der Waals surface area contributed by atoms with Gasteiger partial charge in [0.2, 0.25) is 17.7 Å². The number of carbonyl (C=O) groups is 2. The lowest BCUT2D eigenvalue weighted by atomic mass is 10.1. The van der Waals surface area contributed by atoms with Crippen LogP contribution in [0.3, 0.4) is 0 Å². The molecule has 1 aromatic rings. The van der Waals surface area contributed by atoms with E-state index in [4.69, 9.17) is 4.74 Å². The highest BCUT2D eigenvalue weighted by molar-refractivity contribution is 5.94. The third kappa shape index (κ3) is 3.26. The summed E-state index contributed by atoms with van der Waals surface area (Å²) in [6.45, 7) is 2.49. The minimum Gasteiger partial charge on any atom is -0.481 e. The molecule has 1 N–H and O–H groups in total. The zero-order valence-corrected chi connectivity index (χ0v) is 11.8. The van der Waals surface area contributed by atoms with Crippen molar-refractivity contribution in [3.8, 4) is 5.88 Å². The number of hydrogen-bond acceptors (Lipinski definition) is 4. The number of nitrogens with zero attached hydrogens (tertiary/aromatic N) is 2. The summed E-state index contributed by atoms with van der Waals surface area (Å²) in [5, 5.41) is 2.74. The first-order valence-electron chi connectivity index (χ1n) is 6.71. The van der Waals surface area contributed by atoms with Crippen LogP contribution < -0.4 is 10.1 Å². The van der Waals surface area contributed by atoms with Gasteiger partial charge in [-0.3, -0.25) is 9.59 Å². The number of methoxy groups -OCH3 is 1. The summed E-state index contributed by atoms with van der Waals surface area (Å²) in [7, 11) is 1.55. The number of carbonyl (C=O) groups excluding carboxylic acids is 2. The van der Waals surface area contributed by atoms with Gasteiger partial charge < -0.3 is 15.0 Å². The Morgan fingerprint density at radius 3 is 2.85 bits per heavy atom. The van der Waals surface area contributed by atoms with Gasteiger partial charge in [-0.15, -0.1) is 0 Å². The molecule has 1 fully saturated rings. The zero-order valence-electron chi connectivity index (χ0n) is 11.8. The van der Waals surface area contributed by atoms with E-state index < -0.39 is 6.04 Å². The van der Waals surface area contributed by atoms with Crippen LogP contribution in [0.1, 0.15) is 25.3 Å². The average Bonchev–Trinajstić information content (AvgIpc) is 2.45. The van der Waals surface area contributed by atoms with E-state index in [1.54, 1.807) is 24.3 Å². The molecule has 6 heteroatoms. The standard InChI is InChI=1S/C14H19N3O3/c1-3-4-11-14(19)17(9-12(18)16-11)8-10-5-6-13(20-2)15-7-10/h5-7,11H,3-4,8-9H2,1-2H3,(H,16,18). The van der Waals surface area contributed by atoms with Crippen LogP contribution in [0.4, 0.5) is 0 Å². The molecule has 1 aromatic heterocycles. The largest absolute Gasteiger partial charge is 0.481 e. The smallest absolute Gasteiger partial charge is 0.245 e. The summed E-state index contributed by atoms with van der Waals surface area (Å²) in [5.74, 6) is 0.395. The van der Waals surface area contributed by atoms with Crippen LogP contribution in [0.15, 0.2) is 18.3 Å². The molecule has 1 aliphatic rings. The predicted octanol–water partition coefficient (Wildman–Crippen LogP) is 0.717. The molecule has 0 aliphatic carbocycles. The monoisotopic (exact) mass is 277 g/mol. The van der Waals surface area contributed by atoms with Crippen LogP contribution in [-0.2, 0) is 16.1 Å². The SMILES string of the molecule is CCCC1NC(=O)CN(Cc2ccc(OC)nc2)C1=O. The van der Waals surface area contributed by atoms with Crippen molar-refractivity contribution in [2.45, 2.75) is 32.4 Å². The van der Waals surface area contributed by atoms with Gasteiger partial charge in [-0.05, 0) is 12.0 Å². The average molecular weight is 277 g/mol. The normalized spacial score (nSPS) is 18.9. The highest BCUT2D eigenvalue weighted by Crippen LogP contribution is 2.13. The van der Waals surface area contributed by atoms with Crippen molar-refractivity contribution in [2.75, 3.05) is 13.7 Å². The van der Waals surface area contributed by atoms with Crippen molar-refractivity contribution in [3.63, 3.8) is 0 Å². The van der Waals surface area contributed by atoms with Gasteiger partial charge in [-0.2, -0.15) is 0 Å². The molecule has 0 radical (unpaired) electrons.